The fourth-order valence-electron chi connectivity index (χ4n) is 1.99. The van der Waals surface area contributed by atoms with E-state index in [-0.39, 0.29) is 11.6 Å². The van der Waals surface area contributed by atoms with Crippen LogP contribution in [0.15, 0.2) is 42.7 Å². The molecule has 7 heteroatoms. The van der Waals surface area contributed by atoms with Crippen LogP contribution < -0.4 is 10.5 Å². The first-order valence-electron chi connectivity index (χ1n) is 6.62. The Morgan fingerprint density at radius 1 is 1.23 bits per heavy atom. The first-order valence-corrected chi connectivity index (χ1v) is 6.62. The Bertz CT molecular complexity index is 788. The normalized spacial score (nSPS) is 10.6. The van der Waals surface area contributed by atoms with Gasteiger partial charge < -0.3 is 10.5 Å². The summed E-state index contributed by atoms with van der Waals surface area (Å²) in [5.74, 6) is -0.0906. The highest BCUT2D eigenvalue weighted by atomic mass is 19.1. The largest absolute Gasteiger partial charge is 0.472 e. The molecule has 22 heavy (non-hydrogen) atoms. The summed E-state index contributed by atoms with van der Waals surface area (Å²) in [6.07, 6.45) is 2.60. The smallest absolute Gasteiger partial charge is 0.223 e. The summed E-state index contributed by atoms with van der Waals surface area (Å²) in [5.41, 5.74) is 7.07. The van der Waals surface area contributed by atoms with Crippen molar-refractivity contribution in [2.24, 2.45) is 7.05 Å². The maximum absolute atomic E-state index is 13.2. The van der Waals surface area contributed by atoms with Crippen LogP contribution in [0.5, 0.6) is 5.88 Å². The van der Waals surface area contributed by atoms with E-state index in [1.54, 1.807) is 17.9 Å². The fraction of sp³-hybridized carbons (Fsp3) is 0.133. The zero-order chi connectivity index (χ0) is 15.5. The molecule has 0 atom stereocenters. The highest BCUT2D eigenvalue weighted by Gasteiger charge is 2.16. The molecule has 112 valence electrons. The summed E-state index contributed by atoms with van der Waals surface area (Å²) in [6, 6.07) is 9.73. The monoisotopic (exact) mass is 299 g/mol. The summed E-state index contributed by atoms with van der Waals surface area (Å²) in [7, 11) is 1.75. The maximum Gasteiger partial charge on any atom is 0.223 e. The summed E-state index contributed by atoms with van der Waals surface area (Å²) >= 11 is 0. The van der Waals surface area contributed by atoms with Crippen LogP contribution in [0.1, 0.15) is 5.56 Å². The van der Waals surface area contributed by atoms with Gasteiger partial charge in [-0.1, -0.05) is 30.3 Å². The highest BCUT2D eigenvalue weighted by molar-refractivity contribution is 5.62. The van der Waals surface area contributed by atoms with Gasteiger partial charge in [-0.25, -0.2) is 19.0 Å². The van der Waals surface area contributed by atoms with Gasteiger partial charge in [-0.15, -0.1) is 0 Å². The quantitative estimate of drug-likeness (QED) is 0.798. The van der Waals surface area contributed by atoms with E-state index in [9.17, 15) is 4.39 Å². The van der Waals surface area contributed by atoms with Crippen molar-refractivity contribution in [1.82, 2.24) is 19.7 Å². The lowest BCUT2D eigenvalue weighted by Gasteiger charge is -2.08. The van der Waals surface area contributed by atoms with Crippen molar-refractivity contribution in [3.8, 4) is 17.3 Å². The molecule has 0 bridgehead atoms. The molecule has 0 unspecified atom stereocenters. The number of aromatic nitrogens is 4. The van der Waals surface area contributed by atoms with Gasteiger partial charge in [0.25, 0.3) is 0 Å². The Morgan fingerprint density at radius 3 is 2.73 bits per heavy atom. The second-order valence-corrected chi connectivity index (χ2v) is 4.69. The van der Waals surface area contributed by atoms with Gasteiger partial charge in [-0.3, -0.25) is 0 Å². The number of nitrogens with two attached hydrogens (primary N) is 1. The van der Waals surface area contributed by atoms with E-state index < -0.39 is 5.82 Å². The number of halogens is 1. The lowest BCUT2D eigenvalue weighted by Crippen LogP contribution is -2.03. The lowest BCUT2D eigenvalue weighted by molar-refractivity contribution is 0.280. The molecule has 6 nitrogen and oxygen atoms in total. The van der Waals surface area contributed by atoms with Crippen LogP contribution in [-0.4, -0.2) is 19.7 Å². The lowest BCUT2D eigenvalue weighted by atomic mass is 10.2. The molecule has 2 heterocycles. The molecule has 0 aliphatic rings. The van der Waals surface area contributed by atoms with Crippen molar-refractivity contribution < 1.29 is 9.13 Å². The second kappa shape index (κ2) is 5.80. The molecule has 0 spiro atoms. The fourth-order valence-corrected chi connectivity index (χ4v) is 1.99. The average molecular weight is 299 g/mol. The van der Waals surface area contributed by atoms with Gasteiger partial charge in [-0.05, 0) is 5.56 Å². The third-order valence-electron chi connectivity index (χ3n) is 3.11. The van der Waals surface area contributed by atoms with E-state index in [1.165, 1.54) is 0 Å². The molecule has 3 aromatic rings. The van der Waals surface area contributed by atoms with E-state index in [0.29, 0.717) is 18.1 Å². The standard InChI is InChI=1S/C15H14FN5O/c1-21-15(22-9-10-5-3-2-4-6-10)11(7-19-21)14-18-8-12(16)13(17)20-14/h2-8H,9H2,1H3,(H2,17,18,20). The maximum atomic E-state index is 13.2. The Balaban J connectivity index is 1.89. The minimum atomic E-state index is -0.653. The van der Waals surface area contributed by atoms with Crippen LogP contribution in [0.2, 0.25) is 0 Å². The summed E-state index contributed by atoms with van der Waals surface area (Å²) in [5, 5.41) is 4.13. The Hall–Kier alpha value is -2.96. The van der Waals surface area contributed by atoms with Gasteiger partial charge in [0, 0.05) is 7.05 Å². The first-order chi connectivity index (χ1) is 10.6. The van der Waals surface area contributed by atoms with Crippen molar-refractivity contribution in [3.63, 3.8) is 0 Å². The van der Waals surface area contributed by atoms with Crippen molar-refractivity contribution >= 4 is 5.82 Å². The summed E-state index contributed by atoms with van der Waals surface area (Å²) in [4.78, 5) is 7.87. The minimum Gasteiger partial charge on any atom is -0.472 e. The van der Waals surface area contributed by atoms with Crippen molar-refractivity contribution in [1.29, 1.82) is 0 Å². The van der Waals surface area contributed by atoms with E-state index in [4.69, 9.17) is 10.5 Å². The summed E-state index contributed by atoms with van der Waals surface area (Å²) < 4.78 is 20.6. The minimum absolute atomic E-state index is 0.206. The molecule has 0 fully saturated rings. The second-order valence-electron chi connectivity index (χ2n) is 4.69. The molecule has 3 rings (SSSR count). The van der Waals surface area contributed by atoms with E-state index >= 15 is 0 Å². The van der Waals surface area contributed by atoms with Gasteiger partial charge in [-0.2, -0.15) is 5.10 Å². The molecule has 2 N–H and O–H groups in total. The van der Waals surface area contributed by atoms with Gasteiger partial charge in [0.15, 0.2) is 17.5 Å². The van der Waals surface area contributed by atoms with Crippen LogP contribution in [0, 0.1) is 5.82 Å². The van der Waals surface area contributed by atoms with Crippen molar-refractivity contribution in [2.45, 2.75) is 6.61 Å². The number of anilines is 1. The zero-order valence-electron chi connectivity index (χ0n) is 11.9. The summed E-state index contributed by atoms with van der Waals surface area (Å²) in [6.45, 7) is 0.379. The third kappa shape index (κ3) is 2.73. The van der Waals surface area contributed by atoms with Crippen LogP contribution in [-0.2, 0) is 13.7 Å². The van der Waals surface area contributed by atoms with Crippen molar-refractivity contribution in [3.05, 3.63) is 54.1 Å². The van der Waals surface area contributed by atoms with Crippen LogP contribution in [0.25, 0.3) is 11.4 Å². The predicted molar refractivity (Wildman–Crippen MR) is 79.4 cm³/mol. The molecular weight excluding hydrogens is 285 g/mol. The molecular formula is C15H14FN5O. The zero-order valence-corrected chi connectivity index (χ0v) is 11.9. The number of nitrogen functional groups attached to an aromatic ring is 1. The predicted octanol–water partition coefficient (Wildman–Crippen LogP) is 2.18. The van der Waals surface area contributed by atoms with Crippen LogP contribution in [0.3, 0.4) is 0 Å². The highest BCUT2D eigenvalue weighted by Crippen LogP contribution is 2.28. The molecule has 0 amide bonds. The number of benzene rings is 1. The third-order valence-corrected chi connectivity index (χ3v) is 3.11. The molecule has 0 aliphatic heterocycles. The number of ether oxygens (including phenoxy) is 1. The van der Waals surface area contributed by atoms with Gasteiger partial charge in [0.2, 0.25) is 5.88 Å². The van der Waals surface area contributed by atoms with E-state index in [0.717, 1.165) is 11.8 Å². The van der Waals surface area contributed by atoms with E-state index in [1.807, 2.05) is 30.3 Å². The Labute approximate surface area is 126 Å². The Morgan fingerprint density at radius 2 is 2.00 bits per heavy atom. The molecule has 2 aromatic heterocycles. The number of rotatable bonds is 4. The topological polar surface area (TPSA) is 78.9 Å². The number of hydrogen-bond donors (Lipinski definition) is 1. The SMILES string of the molecule is Cn1ncc(-c2ncc(F)c(N)n2)c1OCc1ccccc1. The van der Waals surface area contributed by atoms with Crippen LogP contribution >= 0.6 is 0 Å². The molecule has 1 aromatic carbocycles. The molecule has 0 saturated carbocycles. The van der Waals surface area contributed by atoms with Gasteiger partial charge in [0.05, 0.1) is 12.4 Å². The van der Waals surface area contributed by atoms with Crippen molar-refractivity contribution in [2.75, 3.05) is 5.73 Å². The number of aryl methyl sites for hydroxylation is 1. The molecule has 0 saturated heterocycles. The van der Waals surface area contributed by atoms with E-state index in [2.05, 4.69) is 15.1 Å². The van der Waals surface area contributed by atoms with Gasteiger partial charge in [0.1, 0.15) is 12.2 Å². The van der Waals surface area contributed by atoms with Gasteiger partial charge >= 0.3 is 0 Å². The number of hydrogen-bond acceptors (Lipinski definition) is 5. The average Bonchev–Trinajstić information content (AvgIpc) is 2.90. The Kier molecular flexibility index (Phi) is 3.69. The first kappa shape index (κ1) is 14.0. The van der Waals surface area contributed by atoms with Crippen LogP contribution in [0.4, 0.5) is 10.2 Å². The molecule has 0 radical (unpaired) electrons. The number of nitrogens with zero attached hydrogens (tertiary/aromatic N) is 4. The molecule has 0 aliphatic carbocycles.